The van der Waals surface area contributed by atoms with Gasteiger partial charge in [-0.25, -0.2) is 8.60 Å². The SMILES string of the molecule is CC(C)Nc1cc(C(=O)N[C@@H](Cc2ccccc2)C(=O)CNCc2cccc(OC(F)(F)F)c2)c(F)c(N2CCCCS(=O)C2=O)c1. The van der Waals surface area contributed by atoms with Crippen molar-refractivity contribution in [3.05, 3.63) is 89.2 Å². The van der Waals surface area contributed by atoms with E-state index in [4.69, 9.17) is 0 Å². The van der Waals surface area contributed by atoms with Gasteiger partial charge in [-0.2, -0.15) is 0 Å². The van der Waals surface area contributed by atoms with Crippen molar-refractivity contribution in [3.8, 4) is 5.75 Å². The van der Waals surface area contributed by atoms with Crippen molar-refractivity contribution in [1.82, 2.24) is 10.6 Å². The number of halogens is 4. The van der Waals surface area contributed by atoms with Gasteiger partial charge in [0.2, 0.25) is 0 Å². The summed E-state index contributed by atoms with van der Waals surface area (Å²) >= 11 is 0. The van der Waals surface area contributed by atoms with E-state index in [1.807, 2.05) is 13.8 Å². The Hall–Kier alpha value is -4.30. The van der Waals surface area contributed by atoms with Crippen molar-refractivity contribution in [3.63, 3.8) is 0 Å². The fraction of sp³-hybridized carbons (Fsp3) is 0.364. The van der Waals surface area contributed by atoms with E-state index < -0.39 is 57.3 Å². The zero-order chi connectivity index (χ0) is 34.1. The van der Waals surface area contributed by atoms with Crippen molar-refractivity contribution in [1.29, 1.82) is 0 Å². The molecule has 14 heteroatoms. The fourth-order valence-corrected chi connectivity index (χ4v) is 6.12. The molecule has 3 N–H and O–H groups in total. The van der Waals surface area contributed by atoms with Gasteiger partial charge in [-0.1, -0.05) is 42.5 Å². The minimum Gasteiger partial charge on any atom is -0.406 e. The second-order valence-electron chi connectivity index (χ2n) is 11.3. The second kappa shape index (κ2) is 16.0. The number of amides is 2. The Morgan fingerprint density at radius 2 is 1.72 bits per heavy atom. The van der Waals surface area contributed by atoms with E-state index in [-0.39, 0.29) is 43.5 Å². The maximum Gasteiger partial charge on any atom is 0.573 e. The highest BCUT2D eigenvalue weighted by Gasteiger charge is 2.32. The molecule has 2 amide bonds. The number of rotatable bonds is 13. The fourth-order valence-electron chi connectivity index (χ4n) is 5.05. The molecule has 1 heterocycles. The Morgan fingerprint density at radius 3 is 2.43 bits per heavy atom. The van der Waals surface area contributed by atoms with E-state index in [9.17, 15) is 31.8 Å². The van der Waals surface area contributed by atoms with Crippen LogP contribution in [-0.4, -0.2) is 58.4 Å². The van der Waals surface area contributed by atoms with E-state index >= 15 is 4.39 Å². The lowest BCUT2D eigenvalue weighted by molar-refractivity contribution is -0.274. The van der Waals surface area contributed by atoms with Gasteiger partial charge in [0, 0.05) is 30.6 Å². The molecular formula is C33H36F4N4O5S. The molecule has 1 unspecified atom stereocenters. The van der Waals surface area contributed by atoms with E-state index in [0.29, 0.717) is 24.1 Å². The van der Waals surface area contributed by atoms with Crippen LogP contribution in [0.25, 0.3) is 0 Å². The predicted octanol–water partition coefficient (Wildman–Crippen LogP) is 5.71. The standard InChI is InChI=1S/C33H36F4N4O5S/c1-21(2)39-24-17-26(30(34)28(18-24)41-13-6-7-14-47(45)32(41)44)31(43)40-27(16-22-9-4-3-5-10-22)29(42)20-38-19-23-11-8-12-25(15-23)46-33(35,36)37/h3-5,8-12,15,17-18,21,27,38-39H,6-7,13-14,16,19-20H2,1-2H3,(H,40,43)/t27-,47?/m0/s1. The Bertz CT molecular complexity index is 1600. The van der Waals surface area contributed by atoms with Crippen LogP contribution in [0, 0.1) is 5.82 Å². The zero-order valence-corrected chi connectivity index (χ0v) is 26.7. The number of ether oxygens (including phenoxy) is 1. The van der Waals surface area contributed by atoms with Crippen LogP contribution in [0.3, 0.4) is 0 Å². The number of alkyl halides is 3. The average Bonchev–Trinajstić information content (AvgIpc) is 3.17. The molecule has 252 valence electrons. The van der Waals surface area contributed by atoms with Crippen molar-refractivity contribution >= 4 is 39.1 Å². The molecule has 1 saturated heterocycles. The lowest BCUT2D eigenvalue weighted by atomic mass is 10.0. The zero-order valence-electron chi connectivity index (χ0n) is 25.9. The summed E-state index contributed by atoms with van der Waals surface area (Å²) in [5.41, 5.74) is 0.904. The number of carbonyl (C=O) groups is 3. The molecule has 4 rings (SSSR count). The molecule has 9 nitrogen and oxygen atoms in total. The van der Waals surface area contributed by atoms with Crippen LogP contribution in [0.15, 0.2) is 66.7 Å². The summed E-state index contributed by atoms with van der Waals surface area (Å²) in [6.45, 7) is 3.57. The maximum atomic E-state index is 16.1. The summed E-state index contributed by atoms with van der Waals surface area (Å²) in [6, 6.07) is 15.6. The number of nitrogens with zero attached hydrogens (tertiary/aromatic N) is 1. The van der Waals surface area contributed by atoms with Gasteiger partial charge in [-0.15, -0.1) is 13.2 Å². The number of carbonyl (C=O) groups excluding carboxylic acids is 3. The van der Waals surface area contributed by atoms with E-state index in [1.165, 1.54) is 24.3 Å². The number of ketones is 1. The summed E-state index contributed by atoms with van der Waals surface area (Å²) in [5, 5.41) is 7.90. The number of Topliss-reactive ketones (excluding diaryl/α,β-unsaturated/α-hetero) is 1. The van der Waals surface area contributed by atoms with Gasteiger partial charge in [-0.3, -0.25) is 19.3 Å². The van der Waals surface area contributed by atoms with Gasteiger partial charge < -0.3 is 20.7 Å². The molecule has 0 bridgehead atoms. The van der Waals surface area contributed by atoms with E-state index in [0.717, 1.165) is 16.5 Å². The molecule has 3 aromatic rings. The summed E-state index contributed by atoms with van der Waals surface area (Å²) in [5.74, 6) is -2.58. The highest BCUT2D eigenvalue weighted by atomic mass is 32.2. The molecular weight excluding hydrogens is 640 g/mol. The molecule has 0 radical (unpaired) electrons. The first-order chi connectivity index (χ1) is 22.3. The topological polar surface area (TPSA) is 117 Å². The second-order valence-corrected chi connectivity index (χ2v) is 12.8. The lowest BCUT2D eigenvalue weighted by Gasteiger charge is -2.24. The third-order valence-corrected chi connectivity index (χ3v) is 8.43. The summed E-state index contributed by atoms with van der Waals surface area (Å²) in [7, 11) is -1.85. The van der Waals surface area contributed by atoms with Gasteiger partial charge in [-0.05, 0) is 68.5 Å². The van der Waals surface area contributed by atoms with Crippen LogP contribution in [0.4, 0.5) is 33.7 Å². The van der Waals surface area contributed by atoms with E-state index in [1.54, 1.807) is 36.4 Å². The molecule has 1 aliphatic heterocycles. The van der Waals surface area contributed by atoms with Gasteiger partial charge in [0.15, 0.2) is 11.6 Å². The van der Waals surface area contributed by atoms with Crippen molar-refractivity contribution in [2.75, 3.05) is 29.1 Å². The van der Waals surface area contributed by atoms with Crippen LogP contribution >= 0.6 is 0 Å². The van der Waals surface area contributed by atoms with Crippen LogP contribution in [0.5, 0.6) is 5.75 Å². The minimum absolute atomic E-state index is 0.0267. The largest absolute Gasteiger partial charge is 0.573 e. The molecule has 0 aromatic heterocycles. The lowest BCUT2D eigenvalue weighted by Crippen LogP contribution is -2.46. The number of anilines is 2. The van der Waals surface area contributed by atoms with Crippen LogP contribution < -0.4 is 25.6 Å². The number of hydrogen-bond acceptors (Lipinski definition) is 7. The number of nitrogens with one attached hydrogen (secondary N) is 3. The molecule has 1 fully saturated rings. The Kier molecular flexibility index (Phi) is 12.1. The first-order valence-electron chi connectivity index (χ1n) is 15.0. The first kappa shape index (κ1) is 35.6. The molecule has 0 spiro atoms. The molecule has 47 heavy (non-hydrogen) atoms. The van der Waals surface area contributed by atoms with Gasteiger partial charge in [0.1, 0.15) is 16.5 Å². The third-order valence-electron chi connectivity index (χ3n) is 7.16. The molecule has 0 aliphatic carbocycles. The molecule has 1 aliphatic rings. The third kappa shape index (κ3) is 10.3. The Morgan fingerprint density at radius 1 is 1.00 bits per heavy atom. The maximum absolute atomic E-state index is 16.1. The van der Waals surface area contributed by atoms with Crippen LogP contribution in [0.2, 0.25) is 0 Å². The minimum atomic E-state index is -4.85. The van der Waals surface area contributed by atoms with Crippen molar-refractivity contribution in [2.24, 2.45) is 0 Å². The number of benzene rings is 3. The Labute approximate surface area is 272 Å². The molecule has 2 atom stereocenters. The normalized spacial score (nSPS) is 16.0. The average molecular weight is 677 g/mol. The molecule has 0 saturated carbocycles. The number of hydrogen-bond donors (Lipinski definition) is 3. The highest BCUT2D eigenvalue weighted by Crippen LogP contribution is 2.30. The first-order valence-corrected chi connectivity index (χ1v) is 16.4. The van der Waals surface area contributed by atoms with E-state index in [2.05, 4.69) is 20.7 Å². The monoisotopic (exact) mass is 676 g/mol. The van der Waals surface area contributed by atoms with Crippen LogP contribution in [0.1, 0.15) is 48.2 Å². The smallest absolute Gasteiger partial charge is 0.406 e. The summed E-state index contributed by atoms with van der Waals surface area (Å²) in [6.07, 6.45) is -3.75. The molecule has 3 aromatic carbocycles. The van der Waals surface area contributed by atoms with Gasteiger partial charge >= 0.3 is 11.6 Å². The predicted molar refractivity (Wildman–Crippen MR) is 171 cm³/mol. The van der Waals surface area contributed by atoms with Gasteiger partial charge in [0.25, 0.3) is 5.91 Å². The Balaban J connectivity index is 1.57. The van der Waals surface area contributed by atoms with Crippen molar-refractivity contribution in [2.45, 2.75) is 58.1 Å². The van der Waals surface area contributed by atoms with Crippen molar-refractivity contribution < 1.29 is 40.9 Å². The summed E-state index contributed by atoms with van der Waals surface area (Å²) < 4.78 is 70.4. The quantitative estimate of drug-likeness (QED) is 0.199. The summed E-state index contributed by atoms with van der Waals surface area (Å²) in [4.78, 5) is 41.1. The van der Waals surface area contributed by atoms with Crippen LogP contribution in [-0.2, 0) is 28.6 Å². The highest BCUT2D eigenvalue weighted by molar-refractivity contribution is 8.00. The van der Waals surface area contributed by atoms with Gasteiger partial charge in [0.05, 0.1) is 23.8 Å².